The van der Waals surface area contributed by atoms with E-state index in [4.69, 9.17) is 0 Å². The summed E-state index contributed by atoms with van der Waals surface area (Å²) in [5, 5.41) is 3.32. The molecule has 0 aromatic carbocycles. The number of nitrogens with one attached hydrogen (secondary N) is 1. The van der Waals surface area contributed by atoms with Crippen molar-refractivity contribution in [3.63, 3.8) is 0 Å². The van der Waals surface area contributed by atoms with Gasteiger partial charge < -0.3 is 10.2 Å². The van der Waals surface area contributed by atoms with Crippen LogP contribution in [0.3, 0.4) is 0 Å². The summed E-state index contributed by atoms with van der Waals surface area (Å²) in [4.78, 5) is 14.5. The molecule has 3 nitrogen and oxygen atoms in total. The van der Waals surface area contributed by atoms with Crippen molar-refractivity contribution in [1.82, 2.24) is 10.2 Å². The fourth-order valence-corrected chi connectivity index (χ4v) is 2.61. The molecular weight excluding hydrogens is 212 g/mol. The third-order valence-electron chi connectivity index (χ3n) is 4.16. The van der Waals surface area contributed by atoms with Gasteiger partial charge in [0.1, 0.15) is 0 Å². The zero-order chi connectivity index (χ0) is 12.8. The molecule has 0 aromatic rings. The van der Waals surface area contributed by atoms with E-state index in [0.717, 1.165) is 26.2 Å². The Balaban J connectivity index is 2.57. The molecule has 1 aliphatic heterocycles. The number of carbonyl (C=O) groups is 1. The Morgan fingerprint density at radius 3 is 2.35 bits per heavy atom. The second kappa shape index (κ2) is 7.00. The monoisotopic (exact) mass is 240 g/mol. The molecule has 1 fully saturated rings. The highest BCUT2D eigenvalue weighted by molar-refractivity contribution is 5.79. The minimum atomic E-state index is 0.198. The lowest BCUT2D eigenvalue weighted by molar-refractivity contribution is -0.136. The molecule has 0 aliphatic carbocycles. The van der Waals surface area contributed by atoms with Gasteiger partial charge in [0.25, 0.3) is 0 Å². The van der Waals surface area contributed by atoms with E-state index in [1.54, 1.807) is 0 Å². The molecule has 2 atom stereocenters. The first-order chi connectivity index (χ1) is 8.13. The molecule has 0 radical (unpaired) electrons. The molecule has 0 aromatic heterocycles. The Bertz CT molecular complexity index is 238. The lowest BCUT2D eigenvalue weighted by Crippen LogP contribution is -2.41. The maximum atomic E-state index is 12.4. The Kier molecular flexibility index (Phi) is 5.96. The van der Waals surface area contributed by atoms with Crippen molar-refractivity contribution in [2.45, 2.75) is 40.5 Å². The summed E-state index contributed by atoms with van der Waals surface area (Å²) >= 11 is 0. The van der Waals surface area contributed by atoms with Crippen LogP contribution in [0.15, 0.2) is 0 Å². The van der Waals surface area contributed by atoms with Gasteiger partial charge >= 0.3 is 0 Å². The first-order valence-electron chi connectivity index (χ1n) is 7.13. The van der Waals surface area contributed by atoms with Crippen LogP contribution >= 0.6 is 0 Å². The number of carbonyl (C=O) groups excluding carboxylic acids is 1. The average molecular weight is 240 g/mol. The van der Waals surface area contributed by atoms with Crippen molar-refractivity contribution < 1.29 is 4.79 Å². The molecule has 0 spiro atoms. The van der Waals surface area contributed by atoms with Crippen LogP contribution in [0, 0.1) is 17.8 Å². The van der Waals surface area contributed by atoms with Crippen LogP contribution in [0.1, 0.15) is 40.5 Å². The highest BCUT2D eigenvalue weighted by Gasteiger charge is 2.32. The molecule has 1 aliphatic rings. The number of amides is 1. The van der Waals surface area contributed by atoms with Gasteiger partial charge in [0.2, 0.25) is 5.91 Å². The number of rotatable bonds is 6. The topological polar surface area (TPSA) is 32.3 Å². The van der Waals surface area contributed by atoms with Gasteiger partial charge in [-0.15, -0.1) is 0 Å². The molecule has 2 unspecified atom stereocenters. The molecule has 3 heteroatoms. The standard InChI is InChI=1S/C14H28N2O/c1-5-12(6-2)10-16(7-3)14(17)13-9-15-8-11(13)4/h11-13,15H,5-10H2,1-4H3. The van der Waals surface area contributed by atoms with Crippen molar-refractivity contribution in [3.8, 4) is 0 Å². The van der Waals surface area contributed by atoms with E-state index in [1.165, 1.54) is 12.8 Å². The van der Waals surface area contributed by atoms with Crippen LogP contribution in [0.4, 0.5) is 0 Å². The second-order valence-electron chi connectivity index (χ2n) is 5.30. The van der Waals surface area contributed by atoms with Crippen LogP contribution in [0.5, 0.6) is 0 Å². The van der Waals surface area contributed by atoms with Gasteiger partial charge in [0.05, 0.1) is 5.92 Å². The smallest absolute Gasteiger partial charge is 0.227 e. The Labute approximate surface area is 106 Å². The van der Waals surface area contributed by atoms with Gasteiger partial charge in [-0.25, -0.2) is 0 Å². The van der Waals surface area contributed by atoms with Crippen LogP contribution in [-0.2, 0) is 4.79 Å². The van der Waals surface area contributed by atoms with E-state index < -0.39 is 0 Å². The molecule has 0 saturated carbocycles. The third kappa shape index (κ3) is 3.70. The summed E-state index contributed by atoms with van der Waals surface area (Å²) in [6.45, 7) is 12.3. The van der Waals surface area contributed by atoms with Gasteiger partial charge in [-0.2, -0.15) is 0 Å². The molecule has 1 amide bonds. The van der Waals surface area contributed by atoms with E-state index >= 15 is 0 Å². The van der Waals surface area contributed by atoms with Crippen LogP contribution < -0.4 is 5.32 Å². The van der Waals surface area contributed by atoms with Crippen molar-refractivity contribution >= 4 is 5.91 Å². The summed E-state index contributed by atoms with van der Waals surface area (Å²) in [6, 6.07) is 0. The molecule has 17 heavy (non-hydrogen) atoms. The minimum Gasteiger partial charge on any atom is -0.342 e. The first-order valence-corrected chi connectivity index (χ1v) is 7.13. The van der Waals surface area contributed by atoms with Crippen LogP contribution in [0.2, 0.25) is 0 Å². The van der Waals surface area contributed by atoms with Gasteiger partial charge in [-0.1, -0.05) is 33.6 Å². The normalized spacial score (nSPS) is 24.3. The van der Waals surface area contributed by atoms with E-state index in [1.807, 2.05) is 0 Å². The maximum absolute atomic E-state index is 12.4. The zero-order valence-corrected chi connectivity index (χ0v) is 11.8. The summed E-state index contributed by atoms with van der Waals surface area (Å²) in [7, 11) is 0. The largest absolute Gasteiger partial charge is 0.342 e. The van der Waals surface area contributed by atoms with Crippen LogP contribution in [-0.4, -0.2) is 37.0 Å². The molecule has 1 heterocycles. The molecule has 1 saturated heterocycles. The van der Waals surface area contributed by atoms with Crippen molar-refractivity contribution in [2.75, 3.05) is 26.2 Å². The van der Waals surface area contributed by atoms with Crippen molar-refractivity contribution in [3.05, 3.63) is 0 Å². The second-order valence-corrected chi connectivity index (χ2v) is 5.30. The van der Waals surface area contributed by atoms with E-state index in [0.29, 0.717) is 17.7 Å². The number of nitrogens with zero attached hydrogens (tertiary/aromatic N) is 1. The van der Waals surface area contributed by atoms with E-state index in [9.17, 15) is 4.79 Å². The minimum absolute atomic E-state index is 0.198. The van der Waals surface area contributed by atoms with Gasteiger partial charge in [0, 0.05) is 19.6 Å². The summed E-state index contributed by atoms with van der Waals surface area (Å²) < 4.78 is 0. The van der Waals surface area contributed by atoms with Crippen molar-refractivity contribution in [2.24, 2.45) is 17.8 Å². The Morgan fingerprint density at radius 2 is 1.94 bits per heavy atom. The quantitative estimate of drug-likeness (QED) is 0.771. The highest BCUT2D eigenvalue weighted by Crippen LogP contribution is 2.20. The average Bonchev–Trinajstić information content (AvgIpc) is 2.76. The summed E-state index contributed by atoms with van der Waals surface area (Å²) in [5.41, 5.74) is 0. The molecular formula is C14H28N2O. The number of hydrogen-bond donors (Lipinski definition) is 1. The predicted molar refractivity (Wildman–Crippen MR) is 71.8 cm³/mol. The van der Waals surface area contributed by atoms with Gasteiger partial charge in [0.15, 0.2) is 0 Å². The maximum Gasteiger partial charge on any atom is 0.227 e. The third-order valence-corrected chi connectivity index (χ3v) is 4.16. The van der Waals surface area contributed by atoms with E-state index in [2.05, 4.69) is 37.9 Å². The predicted octanol–water partition coefficient (Wildman–Crippen LogP) is 2.13. The summed E-state index contributed by atoms with van der Waals surface area (Å²) in [5.74, 6) is 1.70. The molecule has 1 N–H and O–H groups in total. The summed E-state index contributed by atoms with van der Waals surface area (Å²) in [6.07, 6.45) is 2.33. The van der Waals surface area contributed by atoms with Crippen molar-refractivity contribution in [1.29, 1.82) is 0 Å². The number of hydrogen-bond acceptors (Lipinski definition) is 2. The fraction of sp³-hybridized carbons (Fsp3) is 0.929. The molecule has 100 valence electrons. The highest BCUT2D eigenvalue weighted by atomic mass is 16.2. The van der Waals surface area contributed by atoms with Crippen LogP contribution in [0.25, 0.3) is 0 Å². The molecule has 1 rings (SSSR count). The Morgan fingerprint density at radius 1 is 1.29 bits per heavy atom. The SMILES string of the molecule is CCC(CC)CN(CC)C(=O)C1CNCC1C. The first kappa shape index (κ1) is 14.5. The molecule has 0 bridgehead atoms. The Hall–Kier alpha value is -0.570. The van der Waals surface area contributed by atoms with Gasteiger partial charge in [-0.05, 0) is 25.3 Å². The lowest BCUT2D eigenvalue weighted by atomic mass is 9.95. The zero-order valence-electron chi connectivity index (χ0n) is 11.8. The van der Waals surface area contributed by atoms with Gasteiger partial charge in [-0.3, -0.25) is 4.79 Å². The lowest BCUT2D eigenvalue weighted by Gasteiger charge is -2.29. The fourth-order valence-electron chi connectivity index (χ4n) is 2.61. The van der Waals surface area contributed by atoms with E-state index in [-0.39, 0.29) is 5.92 Å².